The lowest BCUT2D eigenvalue weighted by atomic mass is 9.87. The lowest BCUT2D eigenvalue weighted by molar-refractivity contribution is -0.138. The van der Waals surface area contributed by atoms with Crippen LogP contribution in [0.25, 0.3) is 10.2 Å². The van der Waals surface area contributed by atoms with E-state index >= 15 is 0 Å². The van der Waals surface area contributed by atoms with Gasteiger partial charge in [-0.25, -0.2) is 18.9 Å². The maximum atomic E-state index is 11.9. The van der Waals surface area contributed by atoms with Crippen LogP contribution in [0.3, 0.4) is 0 Å². The van der Waals surface area contributed by atoms with Gasteiger partial charge in [-0.3, -0.25) is 14.9 Å². The Hall–Kier alpha value is -2.43. The Morgan fingerprint density at radius 3 is 2.87 bits per heavy atom. The molecule has 1 aliphatic heterocycles. The van der Waals surface area contributed by atoms with Gasteiger partial charge in [0.1, 0.15) is 10.7 Å². The monoisotopic (exact) mass is 445 g/mol. The Balaban J connectivity index is 1.70. The van der Waals surface area contributed by atoms with Crippen molar-refractivity contribution in [1.29, 1.82) is 0 Å². The molecule has 0 radical (unpaired) electrons. The summed E-state index contributed by atoms with van der Waals surface area (Å²) in [6, 6.07) is 6.04. The first kappa shape index (κ1) is 22.3. The van der Waals surface area contributed by atoms with Crippen molar-refractivity contribution in [3.63, 3.8) is 0 Å². The van der Waals surface area contributed by atoms with Gasteiger partial charge in [-0.2, -0.15) is 0 Å². The molecular weight excluding hydrogens is 422 g/mol. The number of rotatable bonds is 6. The number of likely N-dealkylation sites (tertiary alicyclic amines) is 1. The molecular formula is C21H23N3O4S2. The number of thiazole rings is 1. The molecule has 1 fully saturated rings. The second kappa shape index (κ2) is 9.59. The van der Waals surface area contributed by atoms with Crippen molar-refractivity contribution in [2.75, 3.05) is 19.3 Å². The summed E-state index contributed by atoms with van der Waals surface area (Å²) in [5.41, 5.74) is 2.03. The summed E-state index contributed by atoms with van der Waals surface area (Å²) in [4.78, 5) is 18.7. The van der Waals surface area contributed by atoms with Gasteiger partial charge in [-0.05, 0) is 56.9 Å². The summed E-state index contributed by atoms with van der Waals surface area (Å²) < 4.78 is 23.3. The molecule has 2 atom stereocenters. The van der Waals surface area contributed by atoms with Gasteiger partial charge in [-0.1, -0.05) is 11.8 Å². The van der Waals surface area contributed by atoms with Gasteiger partial charge in [0.05, 0.1) is 32.4 Å². The quantitative estimate of drug-likeness (QED) is 0.269. The number of fused-ring (bicyclic) bond motifs is 1. The van der Waals surface area contributed by atoms with Crippen molar-refractivity contribution < 1.29 is 18.4 Å². The molecule has 2 aromatic rings. The van der Waals surface area contributed by atoms with Crippen LogP contribution >= 0.6 is 11.3 Å². The SMILES string of the molecule is CN1CC[C@H]1C#CC#Cc1ccc2nc(CC[C@@](C)(C[SH](=O)=O)C(=O)NO)sc2c1. The smallest absolute Gasteiger partial charge is 0.250 e. The van der Waals surface area contributed by atoms with E-state index in [9.17, 15) is 13.2 Å². The lowest BCUT2D eigenvalue weighted by Gasteiger charge is -2.33. The molecule has 0 aliphatic carbocycles. The molecule has 2 heterocycles. The van der Waals surface area contributed by atoms with Crippen LogP contribution in [-0.2, 0) is 21.9 Å². The van der Waals surface area contributed by atoms with Gasteiger partial charge in [0.2, 0.25) is 5.91 Å². The zero-order valence-corrected chi connectivity index (χ0v) is 18.5. The minimum Gasteiger partial charge on any atom is -0.293 e. The highest BCUT2D eigenvalue weighted by molar-refractivity contribution is 7.72. The standard InChI is InChI=1S/C21H23N3O4S2/c1-21(14-30(27)28,20(25)23-26)11-9-19-22-17-8-7-15(13-18(17)29-19)5-3-4-6-16-10-12-24(16)2/h7-8,13,16,26,30H,9-12,14H2,1-2H3,(H,23,25)/t16-,21+/m1/s1. The van der Waals surface area contributed by atoms with Crippen LogP contribution < -0.4 is 5.48 Å². The predicted octanol–water partition coefficient (Wildman–Crippen LogP) is 1.41. The van der Waals surface area contributed by atoms with Gasteiger partial charge in [0, 0.05) is 18.5 Å². The van der Waals surface area contributed by atoms with Crippen molar-refractivity contribution in [2.24, 2.45) is 5.41 Å². The van der Waals surface area contributed by atoms with Crippen LogP contribution in [0.5, 0.6) is 0 Å². The van der Waals surface area contributed by atoms with Gasteiger partial charge < -0.3 is 0 Å². The van der Waals surface area contributed by atoms with Crippen LogP contribution in [0.15, 0.2) is 18.2 Å². The summed E-state index contributed by atoms with van der Waals surface area (Å²) in [6.07, 6.45) is 1.76. The molecule has 2 N–H and O–H groups in total. The number of carbonyl (C=O) groups is 1. The van der Waals surface area contributed by atoms with Crippen molar-refractivity contribution in [3.05, 3.63) is 28.8 Å². The number of hydroxylamine groups is 1. The molecule has 0 spiro atoms. The fourth-order valence-corrected chi connectivity index (χ4v) is 5.02. The first-order valence-electron chi connectivity index (χ1n) is 9.48. The summed E-state index contributed by atoms with van der Waals surface area (Å²) >= 11 is 1.48. The van der Waals surface area contributed by atoms with Gasteiger partial charge in [0.25, 0.3) is 0 Å². The minimum atomic E-state index is -2.76. The minimum absolute atomic E-state index is 0.250. The molecule has 158 valence electrons. The molecule has 0 unspecified atom stereocenters. The van der Waals surface area contributed by atoms with Crippen molar-refractivity contribution in [2.45, 2.75) is 32.2 Å². The van der Waals surface area contributed by atoms with E-state index in [0.29, 0.717) is 12.5 Å². The van der Waals surface area contributed by atoms with Crippen molar-refractivity contribution >= 4 is 38.2 Å². The molecule has 0 saturated carbocycles. The van der Waals surface area contributed by atoms with E-state index in [-0.39, 0.29) is 12.2 Å². The molecule has 1 aliphatic rings. The Morgan fingerprint density at radius 2 is 2.23 bits per heavy atom. The normalized spacial score (nSPS) is 17.9. The zero-order chi connectivity index (χ0) is 21.7. The number of nitrogens with zero attached hydrogens (tertiary/aromatic N) is 2. The van der Waals surface area contributed by atoms with Crippen LogP contribution in [0.1, 0.15) is 30.3 Å². The van der Waals surface area contributed by atoms with Crippen molar-refractivity contribution in [1.82, 2.24) is 15.4 Å². The highest BCUT2D eigenvalue weighted by Crippen LogP contribution is 2.29. The number of thiol groups is 1. The van der Waals surface area contributed by atoms with E-state index in [1.54, 1.807) is 5.48 Å². The molecule has 9 heteroatoms. The average molecular weight is 446 g/mol. The first-order valence-corrected chi connectivity index (χ1v) is 11.7. The molecule has 7 nitrogen and oxygen atoms in total. The maximum Gasteiger partial charge on any atom is 0.250 e. The van der Waals surface area contributed by atoms with Gasteiger partial charge in [-0.15, -0.1) is 11.3 Å². The second-order valence-electron chi connectivity index (χ2n) is 7.59. The number of nitrogens with one attached hydrogen (secondary N) is 1. The van der Waals surface area contributed by atoms with Crippen LogP contribution in [0.2, 0.25) is 0 Å². The van der Waals surface area contributed by atoms with E-state index < -0.39 is 22.0 Å². The number of hydrogen-bond donors (Lipinski definition) is 3. The highest BCUT2D eigenvalue weighted by Gasteiger charge is 2.34. The Kier molecular flexibility index (Phi) is 7.11. The Labute approximate surface area is 181 Å². The average Bonchev–Trinajstić information content (AvgIpc) is 3.12. The summed E-state index contributed by atoms with van der Waals surface area (Å²) in [5.74, 6) is 11.0. The van der Waals surface area contributed by atoms with Crippen LogP contribution in [-0.4, -0.2) is 54.8 Å². The fourth-order valence-electron chi connectivity index (χ4n) is 3.15. The number of benzene rings is 1. The van der Waals surface area contributed by atoms with E-state index in [1.165, 1.54) is 18.3 Å². The molecule has 3 rings (SSSR count). The highest BCUT2D eigenvalue weighted by atomic mass is 32.2. The number of aromatic nitrogens is 1. The molecule has 1 aromatic heterocycles. The molecule has 1 amide bonds. The summed E-state index contributed by atoms with van der Waals surface area (Å²) in [5, 5.41) is 9.73. The number of hydrogen-bond acceptors (Lipinski definition) is 7. The van der Waals surface area contributed by atoms with Crippen LogP contribution in [0, 0.1) is 29.1 Å². The van der Waals surface area contributed by atoms with Crippen LogP contribution in [0.4, 0.5) is 0 Å². The number of amides is 1. The Morgan fingerprint density at radius 1 is 1.43 bits per heavy atom. The van der Waals surface area contributed by atoms with E-state index in [2.05, 4.69) is 33.6 Å². The number of aryl methyl sites for hydroxylation is 1. The maximum absolute atomic E-state index is 11.9. The molecule has 30 heavy (non-hydrogen) atoms. The summed E-state index contributed by atoms with van der Waals surface area (Å²) in [6.45, 7) is 2.60. The topological polar surface area (TPSA) is 99.6 Å². The van der Waals surface area contributed by atoms with Crippen molar-refractivity contribution in [3.8, 4) is 23.7 Å². The summed E-state index contributed by atoms with van der Waals surface area (Å²) in [7, 11) is -0.714. The predicted molar refractivity (Wildman–Crippen MR) is 117 cm³/mol. The second-order valence-corrected chi connectivity index (χ2v) is 9.68. The molecule has 0 bridgehead atoms. The third-order valence-electron chi connectivity index (χ3n) is 5.25. The Bertz CT molecular complexity index is 1140. The fraction of sp³-hybridized carbons (Fsp3) is 0.429. The molecule has 1 aromatic carbocycles. The molecule has 1 saturated heterocycles. The van der Waals surface area contributed by atoms with E-state index in [1.807, 2.05) is 25.2 Å². The third kappa shape index (κ3) is 5.38. The van der Waals surface area contributed by atoms with Gasteiger partial charge in [0.15, 0.2) is 0 Å². The lowest BCUT2D eigenvalue weighted by Crippen LogP contribution is -2.43. The first-order chi connectivity index (χ1) is 14.3. The largest absolute Gasteiger partial charge is 0.293 e. The number of carbonyl (C=O) groups excluding carboxylic acids is 1. The van der Waals surface area contributed by atoms with E-state index in [0.717, 1.165) is 33.8 Å². The van der Waals surface area contributed by atoms with E-state index in [4.69, 9.17) is 5.21 Å². The third-order valence-corrected chi connectivity index (χ3v) is 7.28. The zero-order valence-electron chi connectivity index (χ0n) is 16.8. The van der Waals surface area contributed by atoms with Gasteiger partial charge >= 0.3 is 0 Å².